The molecule has 25 heavy (non-hydrogen) atoms. The lowest BCUT2D eigenvalue weighted by molar-refractivity contribution is 0.0696. The Morgan fingerprint density at radius 3 is 2.52 bits per heavy atom. The highest BCUT2D eigenvalue weighted by atomic mass is 16.6. The van der Waals surface area contributed by atoms with Gasteiger partial charge >= 0.3 is 5.97 Å². The lowest BCUT2D eigenvalue weighted by atomic mass is 10.1. The van der Waals surface area contributed by atoms with Crippen LogP contribution in [0.2, 0.25) is 0 Å². The van der Waals surface area contributed by atoms with E-state index in [9.17, 15) is 9.59 Å². The van der Waals surface area contributed by atoms with Gasteiger partial charge in [-0.25, -0.2) is 4.79 Å². The van der Waals surface area contributed by atoms with Crippen molar-refractivity contribution in [2.45, 2.75) is 13.3 Å². The SMILES string of the molecule is Cc1cc(C(=O)O)cc(C(=O)NCCc2ccc3c(c2)OCCO3)c1. The van der Waals surface area contributed by atoms with Crippen LogP contribution in [0.3, 0.4) is 0 Å². The zero-order valence-electron chi connectivity index (χ0n) is 13.9. The van der Waals surface area contributed by atoms with Crippen molar-refractivity contribution >= 4 is 11.9 Å². The number of fused-ring (bicyclic) bond motifs is 1. The van der Waals surface area contributed by atoms with Gasteiger partial charge in [-0.1, -0.05) is 6.07 Å². The maximum atomic E-state index is 12.2. The number of aryl methyl sites for hydroxylation is 1. The molecule has 130 valence electrons. The Morgan fingerprint density at radius 1 is 1.04 bits per heavy atom. The Balaban J connectivity index is 1.60. The van der Waals surface area contributed by atoms with E-state index in [4.69, 9.17) is 14.6 Å². The molecule has 3 rings (SSSR count). The van der Waals surface area contributed by atoms with Crippen LogP contribution in [0.4, 0.5) is 0 Å². The summed E-state index contributed by atoms with van der Waals surface area (Å²) in [6.07, 6.45) is 0.639. The molecule has 1 heterocycles. The quantitative estimate of drug-likeness (QED) is 0.872. The average molecular weight is 341 g/mol. The highest BCUT2D eigenvalue weighted by Gasteiger charge is 2.13. The number of ether oxygens (including phenoxy) is 2. The number of benzene rings is 2. The van der Waals surface area contributed by atoms with Crippen LogP contribution in [0.5, 0.6) is 11.5 Å². The number of nitrogens with one attached hydrogen (secondary N) is 1. The van der Waals surface area contributed by atoms with E-state index in [0.29, 0.717) is 31.7 Å². The number of carbonyl (C=O) groups is 2. The van der Waals surface area contributed by atoms with Gasteiger partial charge in [-0.15, -0.1) is 0 Å². The Labute approximate surface area is 145 Å². The van der Waals surface area contributed by atoms with Crippen LogP contribution < -0.4 is 14.8 Å². The Hall–Kier alpha value is -3.02. The van der Waals surface area contributed by atoms with Gasteiger partial charge in [0.25, 0.3) is 5.91 Å². The Kier molecular flexibility index (Phi) is 4.88. The van der Waals surface area contributed by atoms with E-state index in [-0.39, 0.29) is 11.5 Å². The molecule has 0 unspecified atom stereocenters. The van der Waals surface area contributed by atoms with Gasteiger partial charge in [0.2, 0.25) is 0 Å². The summed E-state index contributed by atoms with van der Waals surface area (Å²) in [5.74, 6) is 0.123. The monoisotopic (exact) mass is 341 g/mol. The van der Waals surface area contributed by atoms with E-state index in [1.54, 1.807) is 13.0 Å². The largest absolute Gasteiger partial charge is 0.486 e. The normalized spacial score (nSPS) is 12.5. The van der Waals surface area contributed by atoms with Crippen molar-refractivity contribution in [3.8, 4) is 11.5 Å². The third-order valence-corrected chi connectivity index (χ3v) is 3.89. The molecule has 0 atom stereocenters. The van der Waals surface area contributed by atoms with E-state index in [0.717, 1.165) is 22.6 Å². The van der Waals surface area contributed by atoms with Gasteiger partial charge in [-0.2, -0.15) is 0 Å². The standard InChI is InChI=1S/C19H19NO5/c1-12-8-14(11-15(9-12)19(22)23)18(21)20-5-4-13-2-3-16-17(10-13)25-7-6-24-16/h2-3,8-11H,4-7H2,1H3,(H,20,21)(H,22,23). The number of carboxylic acids is 1. The molecule has 0 saturated carbocycles. The van der Waals surface area contributed by atoms with Crippen molar-refractivity contribution in [1.29, 1.82) is 0 Å². The predicted octanol–water partition coefficient (Wildman–Crippen LogP) is 2.44. The first kappa shape index (κ1) is 16.8. The summed E-state index contributed by atoms with van der Waals surface area (Å²) >= 11 is 0. The van der Waals surface area contributed by atoms with Gasteiger partial charge < -0.3 is 19.9 Å². The van der Waals surface area contributed by atoms with Crippen molar-refractivity contribution in [2.75, 3.05) is 19.8 Å². The van der Waals surface area contributed by atoms with E-state index < -0.39 is 5.97 Å². The summed E-state index contributed by atoms with van der Waals surface area (Å²) < 4.78 is 11.0. The fourth-order valence-corrected chi connectivity index (χ4v) is 2.70. The number of carboxylic acid groups (broad SMARTS) is 1. The maximum absolute atomic E-state index is 12.2. The summed E-state index contributed by atoms with van der Waals surface area (Å²) in [6, 6.07) is 10.3. The van der Waals surface area contributed by atoms with Crippen LogP contribution in [0, 0.1) is 6.92 Å². The lowest BCUT2D eigenvalue weighted by Gasteiger charge is -2.18. The van der Waals surface area contributed by atoms with Gasteiger partial charge in [-0.05, 0) is 54.8 Å². The molecular weight excluding hydrogens is 322 g/mol. The number of hydrogen-bond acceptors (Lipinski definition) is 4. The van der Waals surface area contributed by atoms with E-state index in [2.05, 4.69) is 5.32 Å². The maximum Gasteiger partial charge on any atom is 0.335 e. The molecule has 0 fully saturated rings. The fraction of sp³-hybridized carbons (Fsp3) is 0.263. The highest BCUT2D eigenvalue weighted by Crippen LogP contribution is 2.30. The van der Waals surface area contributed by atoms with Crippen molar-refractivity contribution in [1.82, 2.24) is 5.32 Å². The number of carbonyl (C=O) groups excluding carboxylic acids is 1. The van der Waals surface area contributed by atoms with Crippen molar-refractivity contribution < 1.29 is 24.2 Å². The Bertz CT molecular complexity index is 815. The molecule has 0 saturated heterocycles. The fourth-order valence-electron chi connectivity index (χ4n) is 2.70. The summed E-state index contributed by atoms with van der Waals surface area (Å²) in [7, 11) is 0. The first-order valence-corrected chi connectivity index (χ1v) is 8.04. The average Bonchev–Trinajstić information content (AvgIpc) is 2.61. The smallest absolute Gasteiger partial charge is 0.335 e. The molecule has 2 N–H and O–H groups in total. The number of aromatic carboxylic acids is 1. The number of rotatable bonds is 5. The third-order valence-electron chi connectivity index (χ3n) is 3.89. The van der Waals surface area contributed by atoms with Crippen LogP contribution in [0.15, 0.2) is 36.4 Å². The van der Waals surface area contributed by atoms with Crippen LogP contribution >= 0.6 is 0 Å². The lowest BCUT2D eigenvalue weighted by Crippen LogP contribution is -2.26. The number of amides is 1. The molecule has 6 nitrogen and oxygen atoms in total. The van der Waals surface area contributed by atoms with Gasteiger partial charge in [0.05, 0.1) is 5.56 Å². The minimum atomic E-state index is -1.05. The molecular formula is C19H19NO5. The second-order valence-corrected chi connectivity index (χ2v) is 5.88. The van der Waals surface area contributed by atoms with E-state index >= 15 is 0 Å². The highest BCUT2D eigenvalue weighted by molar-refractivity contribution is 5.97. The molecule has 6 heteroatoms. The second-order valence-electron chi connectivity index (χ2n) is 5.88. The molecule has 1 aliphatic heterocycles. The van der Waals surface area contributed by atoms with Crippen molar-refractivity contribution in [2.24, 2.45) is 0 Å². The summed E-state index contributed by atoms with van der Waals surface area (Å²) in [5.41, 5.74) is 2.22. The molecule has 2 aromatic rings. The van der Waals surface area contributed by atoms with Gasteiger partial charge in [-0.3, -0.25) is 4.79 Å². The van der Waals surface area contributed by atoms with Crippen LogP contribution in [0.25, 0.3) is 0 Å². The second kappa shape index (κ2) is 7.25. The van der Waals surface area contributed by atoms with E-state index in [1.807, 2.05) is 18.2 Å². The first-order chi connectivity index (χ1) is 12.0. The molecule has 2 aromatic carbocycles. The topological polar surface area (TPSA) is 84.9 Å². The summed E-state index contributed by atoms with van der Waals surface area (Å²) in [4.78, 5) is 23.3. The summed E-state index contributed by atoms with van der Waals surface area (Å²) in [6.45, 7) is 3.29. The molecule has 0 aromatic heterocycles. The van der Waals surface area contributed by atoms with Gasteiger partial charge in [0.1, 0.15) is 13.2 Å². The minimum Gasteiger partial charge on any atom is -0.486 e. The number of hydrogen-bond donors (Lipinski definition) is 2. The molecule has 0 spiro atoms. The van der Waals surface area contributed by atoms with Crippen LogP contribution in [-0.2, 0) is 6.42 Å². The van der Waals surface area contributed by atoms with Gasteiger partial charge in [0.15, 0.2) is 11.5 Å². The molecule has 0 radical (unpaired) electrons. The molecule has 1 amide bonds. The predicted molar refractivity (Wildman–Crippen MR) is 91.6 cm³/mol. The first-order valence-electron chi connectivity index (χ1n) is 8.04. The summed E-state index contributed by atoms with van der Waals surface area (Å²) in [5, 5.41) is 11.9. The molecule has 0 aliphatic carbocycles. The molecule has 1 aliphatic rings. The minimum absolute atomic E-state index is 0.108. The van der Waals surface area contributed by atoms with Crippen LogP contribution in [-0.4, -0.2) is 36.7 Å². The van der Waals surface area contributed by atoms with E-state index in [1.165, 1.54) is 12.1 Å². The zero-order valence-corrected chi connectivity index (χ0v) is 13.9. The zero-order chi connectivity index (χ0) is 17.8. The van der Waals surface area contributed by atoms with Crippen molar-refractivity contribution in [3.05, 3.63) is 58.7 Å². The molecule has 0 bridgehead atoms. The third kappa shape index (κ3) is 4.09. The van der Waals surface area contributed by atoms with Gasteiger partial charge in [0, 0.05) is 12.1 Å². The van der Waals surface area contributed by atoms with Crippen molar-refractivity contribution in [3.63, 3.8) is 0 Å². The Morgan fingerprint density at radius 2 is 1.76 bits per heavy atom. The van der Waals surface area contributed by atoms with Crippen LogP contribution in [0.1, 0.15) is 31.8 Å².